The number of amides is 1. The maximum absolute atomic E-state index is 13.6. The van der Waals surface area contributed by atoms with Crippen molar-refractivity contribution in [2.45, 2.75) is 56.6 Å². The van der Waals surface area contributed by atoms with Gasteiger partial charge in [0.1, 0.15) is 11.5 Å². The van der Waals surface area contributed by atoms with Crippen molar-refractivity contribution in [2.75, 3.05) is 20.3 Å². The van der Waals surface area contributed by atoms with Crippen molar-refractivity contribution in [3.8, 4) is 11.5 Å². The number of carbonyl (C=O) groups excluding carboxylic acids is 1. The average Bonchev–Trinajstić information content (AvgIpc) is 3.02. The van der Waals surface area contributed by atoms with Gasteiger partial charge in [0.05, 0.1) is 30.7 Å². The highest BCUT2D eigenvalue weighted by molar-refractivity contribution is 7.89. The summed E-state index contributed by atoms with van der Waals surface area (Å²) in [5.41, 5.74) is 2.76. The van der Waals surface area contributed by atoms with Gasteiger partial charge in [-0.3, -0.25) is 4.79 Å². The van der Waals surface area contributed by atoms with Crippen LogP contribution >= 0.6 is 0 Å². The van der Waals surface area contributed by atoms with Crippen molar-refractivity contribution in [2.24, 2.45) is 5.92 Å². The van der Waals surface area contributed by atoms with E-state index in [1.54, 1.807) is 31.4 Å². The van der Waals surface area contributed by atoms with Crippen molar-refractivity contribution in [3.05, 3.63) is 102 Å². The zero-order valence-electron chi connectivity index (χ0n) is 25.5. The van der Waals surface area contributed by atoms with Gasteiger partial charge in [-0.1, -0.05) is 68.4 Å². The Morgan fingerprint density at radius 3 is 2.55 bits per heavy atom. The number of fused-ring (bicyclic) bond motifs is 2. The van der Waals surface area contributed by atoms with E-state index in [-0.39, 0.29) is 23.3 Å². The molecule has 1 aliphatic heterocycles. The molecule has 0 saturated heterocycles. The van der Waals surface area contributed by atoms with E-state index in [4.69, 9.17) is 9.47 Å². The maximum atomic E-state index is 13.6. The first-order chi connectivity index (χ1) is 21.2. The van der Waals surface area contributed by atoms with Crippen LogP contribution in [0.3, 0.4) is 0 Å². The Morgan fingerprint density at radius 2 is 1.77 bits per heavy atom. The van der Waals surface area contributed by atoms with E-state index in [0.717, 1.165) is 47.2 Å². The molecule has 1 aliphatic rings. The first-order valence-corrected chi connectivity index (χ1v) is 16.6. The monoisotopic (exact) mass is 615 g/mol. The lowest BCUT2D eigenvalue weighted by Gasteiger charge is -2.28. The fourth-order valence-corrected chi connectivity index (χ4v) is 6.68. The van der Waals surface area contributed by atoms with Crippen LogP contribution in [0.4, 0.5) is 0 Å². The lowest BCUT2D eigenvalue weighted by Crippen LogP contribution is -2.36. The van der Waals surface area contributed by atoms with Crippen LogP contribution in [0.15, 0.2) is 89.8 Å². The van der Waals surface area contributed by atoms with E-state index in [1.165, 1.54) is 0 Å². The van der Waals surface area contributed by atoms with Crippen molar-refractivity contribution >= 4 is 26.7 Å². The number of hydrogen-bond donors (Lipinski definition) is 3. The molecule has 3 N–H and O–H groups in total. The van der Waals surface area contributed by atoms with E-state index in [9.17, 15) is 13.2 Å². The number of rotatable bonds is 13. The molecule has 8 nitrogen and oxygen atoms in total. The lowest BCUT2D eigenvalue weighted by molar-refractivity contribution is -0.122. The third-order valence-electron chi connectivity index (χ3n) is 7.90. The fourth-order valence-electron chi connectivity index (χ4n) is 5.42. The summed E-state index contributed by atoms with van der Waals surface area (Å²) in [5, 5.41) is 8.26. The minimum Gasteiger partial charge on any atom is -0.497 e. The van der Waals surface area contributed by atoms with Gasteiger partial charge in [-0.2, -0.15) is 0 Å². The molecule has 0 bridgehead atoms. The molecule has 44 heavy (non-hydrogen) atoms. The molecule has 9 heteroatoms. The van der Waals surface area contributed by atoms with Crippen LogP contribution < -0.4 is 24.8 Å². The van der Waals surface area contributed by atoms with Gasteiger partial charge < -0.3 is 20.1 Å². The van der Waals surface area contributed by atoms with Gasteiger partial charge in [0.25, 0.3) is 0 Å². The average molecular weight is 616 g/mol. The molecule has 4 aromatic rings. The second-order valence-electron chi connectivity index (χ2n) is 11.7. The third kappa shape index (κ3) is 7.96. The standard InChI is InChI=1S/C35H41N3O5S/c1-24(2)15-17-36-23-25-9-14-31-32(16-18-43-34(31)19-25)37-35(39)22-33(27-7-5-4-6-8-27)38-44(40,41)30-13-11-26-10-12-29(42-3)20-28(26)21-30/h4-14,19-21,24,32-33,36,38H,15-18,22-23H2,1-3H3,(H,37,39). The van der Waals surface area contributed by atoms with Crippen molar-refractivity contribution in [1.29, 1.82) is 0 Å². The number of carbonyl (C=O) groups is 1. The molecule has 2 unspecified atom stereocenters. The molecular formula is C35H41N3O5S. The van der Waals surface area contributed by atoms with Gasteiger partial charge in [-0.25, -0.2) is 13.1 Å². The summed E-state index contributed by atoms with van der Waals surface area (Å²) in [5.74, 6) is 1.82. The molecule has 1 amide bonds. The third-order valence-corrected chi connectivity index (χ3v) is 9.37. The fraction of sp³-hybridized carbons (Fsp3) is 0.343. The second-order valence-corrected chi connectivity index (χ2v) is 13.4. The minimum atomic E-state index is -3.96. The molecule has 0 fully saturated rings. The number of nitrogens with one attached hydrogen (secondary N) is 3. The van der Waals surface area contributed by atoms with Crippen molar-refractivity contribution in [1.82, 2.24) is 15.4 Å². The zero-order valence-corrected chi connectivity index (χ0v) is 26.3. The summed E-state index contributed by atoms with van der Waals surface area (Å²) < 4.78 is 41.3. The van der Waals surface area contributed by atoms with Gasteiger partial charge in [-0.15, -0.1) is 0 Å². The summed E-state index contributed by atoms with van der Waals surface area (Å²) >= 11 is 0. The Bertz CT molecular complexity index is 1690. The first-order valence-electron chi connectivity index (χ1n) is 15.1. The summed E-state index contributed by atoms with van der Waals surface area (Å²) in [4.78, 5) is 13.6. The predicted molar refractivity (Wildman–Crippen MR) is 173 cm³/mol. The number of ether oxygens (including phenoxy) is 2. The van der Waals surface area contributed by atoms with Crippen LogP contribution in [0.5, 0.6) is 11.5 Å². The smallest absolute Gasteiger partial charge is 0.241 e. The quantitative estimate of drug-likeness (QED) is 0.159. The van der Waals surface area contributed by atoms with Gasteiger partial charge in [-0.05, 0) is 71.1 Å². The van der Waals surface area contributed by atoms with E-state index >= 15 is 0 Å². The Hall–Kier alpha value is -3.92. The maximum Gasteiger partial charge on any atom is 0.241 e. The topological polar surface area (TPSA) is 106 Å². The Kier molecular flexibility index (Phi) is 10.2. The Morgan fingerprint density at radius 1 is 0.977 bits per heavy atom. The summed E-state index contributed by atoms with van der Waals surface area (Å²) in [7, 11) is -2.39. The van der Waals surface area contributed by atoms with Crippen molar-refractivity contribution in [3.63, 3.8) is 0 Å². The van der Waals surface area contributed by atoms with Gasteiger partial charge in [0, 0.05) is 24.9 Å². The molecule has 2 atom stereocenters. The van der Waals surface area contributed by atoms with Crippen LogP contribution in [-0.2, 0) is 21.4 Å². The number of hydrogen-bond acceptors (Lipinski definition) is 6. The van der Waals surface area contributed by atoms with E-state index < -0.39 is 16.1 Å². The van der Waals surface area contributed by atoms with Crippen LogP contribution in [0, 0.1) is 5.92 Å². The van der Waals surface area contributed by atoms with E-state index in [1.807, 2.05) is 54.6 Å². The Labute approximate surface area is 260 Å². The first kappa shape index (κ1) is 31.5. The molecule has 232 valence electrons. The molecular weight excluding hydrogens is 574 g/mol. The highest BCUT2D eigenvalue weighted by Crippen LogP contribution is 2.33. The number of sulfonamides is 1. The zero-order chi connectivity index (χ0) is 31.1. The molecule has 1 heterocycles. The molecule has 0 spiro atoms. The summed E-state index contributed by atoms with van der Waals surface area (Å²) in [6.07, 6.45) is 1.69. The number of benzene rings is 4. The molecule has 4 aromatic carbocycles. The van der Waals surface area contributed by atoms with Crippen molar-refractivity contribution < 1.29 is 22.7 Å². The molecule has 0 aromatic heterocycles. The highest BCUT2D eigenvalue weighted by atomic mass is 32.2. The van der Waals surface area contributed by atoms with E-state index in [0.29, 0.717) is 30.3 Å². The van der Waals surface area contributed by atoms with Crippen LogP contribution in [0.2, 0.25) is 0 Å². The van der Waals surface area contributed by atoms with Gasteiger partial charge in [0.15, 0.2) is 0 Å². The van der Waals surface area contributed by atoms with E-state index in [2.05, 4.69) is 35.3 Å². The normalized spacial score (nSPS) is 15.4. The molecule has 0 aliphatic carbocycles. The van der Waals surface area contributed by atoms with Gasteiger partial charge in [0.2, 0.25) is 15.9 Å². The van der Waals surface area contributed by atoms with Gasteiger partial charge >= 0.3 is 0 Å². The highest BCUT2D eigenvalue weighted by Gasteiger charge is 2.27. The number of methoxy groups -OCH3 is 1. The minimum absolute atomic E-state index is 0.0603. The Balaban J connectivity index is 1.30. The molecule has 0 radical (unpaired) electrons. The SMILES string of the molecule is COc1ccc2ccc(S(=O)(=O)NC(CC(=O)NC3CCOc4cc(CNCCC(C)C)ccc43)c3ccccc3)cc2c1. The summed E-state index contributed by atoms with van der Waals surface area (Å²) in [6, 6.07) is 24.8. The largest absolute Gasteiger partial charge is 0.497 e. The molecule has 0 saturated carbocycles. The van der Waals surface area contributed by atoms with Crippen LogP contribution in [0.1, 0.15) is 61.9 Å². The predicted octanol–water partition coefficient (Wildman–Crippen LogP) is 6.03. The second kappa shape index (κ2) is 14.2. The van der Waals surface area contributed by atoms with Crippen LogP contribution in [-0.4, -0.2) is 34.6 Å². The summed E-state index contributed by atoms with van der Waals surface area (Å²) in [6.45, 7) is 6.62. The lowest BCUT2D eigenvalue weighted by atomic mass is 9.98. The van der Waals surface area contributed by atoms with Crippen LogP contribution in [0.25, 0.3) is 10.8 Å². The molecule has 5 rings (SSSR count).